The van der Waals surface area contributed by atoms with Gasteiger partial charge in [-0.15, -0.1) is 0 Å². The number of aliphatic carboxylic acids is 1. The van der Waals surface area contributed by atoms with E-state index >= 15 is 0 Å². The van der Waals surface area contributed by atoms with E-state index in [1.54, 1.807) is 11.9 Å². The minimum atomic E-state index is -0.841. The van der Waals surface area contributed by atoms with Crippen LogP contribution in [0.3, 0.4) is 0 Å². The van der Waals surface area contributed by atoms with Crippen LogP contribution in [0.4, 0.5) is 0 Å². The van der Waals surface area contributed by atoms with Crippen molar-refractivity contribution in [3.05, 3.63) is 35.9 Å². The fourth-order valence-electron chi connectivity index (χ4n) is 3.35. The molecule has 1 fully saturated rings. The van der Waals surface area contributed by atoms with Crippen molar-refractivity contribution in [1.29, 1.82) is 0 Å². The zero-order valence-corrected chi connectivity index (χ0v) is 13.8. The molecule has 1 aliphatic carbocycles. The van der Waals surface area contributed by atoms with E-state index in [4.69, 9.17) is 5.11 Å². The highest BCUT2D eigenvalue weighted by molar-refractivity contribution is 5.78. The monoisotopic (exact) mass is 318 g/mol. The van der Waals surface area contributed by atoms with Gasteiger partial charge in [-0.05, 0) is 25.5 Å². The molecule has 0 aromatic heterocycles. The summed E-state index contributed by atoms with van der Waals surface area (Å²) in [6.45, 7) is 1.27. The summed E-state index contributed by atoms with van der Waals surface area (Å²) in [6, 6.07) is 10.4. The smallest absolute Gasteiger partial charge is 0.304 e. The lowest BCUT2D eigenvalue weighted by Crippen LogP contribution is -2.43. The maximum absolute atomic E-state index is 12.1. The van der Waals surface area contributed by atoms with Gasteiger partial charge in [0, 0.05) is 18.5 Å². The Bertz CT molecular complexity index is 524. The van der Waals surface area contributed by atoms with E-state index in [1.165, 1.54) is 18.4 Å². The van der Waals surface area contributed by atoms with Gasteiger partial charge in [-0.1, -0.05) is 43.2 Å². The highest BCUT2D eigenvalue weighted by Gasteiger charge is 2.35. The number of rotatable bonds is 8. The number of carboxylic acids is 1. The van der Waals surface area contributed by atoms with Crippen molar-refractivity contribution < 1.29 is 14.7 Å². The Morgan fingerprint density at radius 3 is 2.48 bits per heavy atom. The second-order valence-electron chi connectivity index (χ2n) is 6.51. The molecule has 2 N–H and O–H groups in total. The minimum Gasteiger partial charge on any atom is -0.481 e. The zero-order chi connectivity index (χ0) is 16.7. The number of nitrogens with zero attached hydrogens (tertiary/aromatic N) is 1. The molecule has 0 heterocycles. The highest BCUT2D eigenvalue weighted by atomic mass is 16.4. The maximum Gasteiger partial charge on any atom is 0.304 e. The van der Waals surface area contributed by atoms with Crippen LogP contribution in [0.25, 0.3) is 0 Å². The lowest BCUT2D eigenvalue weighted by Gasteiger charge is -2.30. The quantitative estimate of drug-likeness (QED) is 0.769. The first-order valence-corrected chi connectivity index (χ1v) is 8.24. The van der Waals surface area contributed by atoms with Crippen molar-refractivity contribution in [3.63, 3.8) is 0 Å². The summed E-state index contributed by atoms with van der Waals surface area (Å²) in [5.74, 6) is -0.883. The molecule has 0 atom stereocenters. The number of hydrogen-bond acceptors (Lipinski definition) is 3. The Kier molecular flexibility index (Phi) is 6.16. The molecular formula is C18H26N2O3. The average Bonchev–Trinajstić information content (AvgIpc) is 3.02. The molecule has 1 aromatic carbocycles. The molecule has 0 aliphatic heterocycles. The summed E-state index contributed by atoms with van der Waals surface area (Å²) in [6.07, 6.45) is 4.66. The molecule has 126 valence electrons. The van der Waals surface area contributed by atoms with Gasteiger partial charge >= 0.3 is 5.97 Å². The van der Waals surface area contributed by atoms with Crippen LogP contribution < -0.4 is 5.32 Å². The second kappa shape index (κ2) is 8.11. The third-order valence-electron chi connectivity index (χ3n) is 4.69. The number of amides is 1. The molecule has 5 nitrogen and oxygen atoms in total. The Morgan fingerprint density at radius 1 is 1.22 bits per heavy atom. The summed E-state index contributed by atoms with van der Waals surface area (Å²) in [4.78, 5) is 24.4. The van der Waals surface area contributed by atoms with Gasteiger partial charge in [0.15, 0.2) is 0 Å². The van der Waals surface area contributed by atoms with Gasteiger partial charge in [-0.2, -0.15) is 0 Å². The first kappa shape index (κ1) is 17.5. The second-order valence-corrected chi connectivity index (χ2v) is 6.51. The van der Waals surface area contributed by atoms with Crippen LogP contribution in [0.1, 0.15) is 37.7 Å². The molecule has 1 amide bonds. The van der Waals surface area contributed by atoms with E-state index in [0.29, 0.717) is 13.1 Å². The van der Waals surface area contributed by atoms with Gasteiger partial charge in [0.2, 0.25) is 5.91 Å². The van der Waals surface area contributed by atoms with E-state index in [2.05, 4.69) is 29.6 Å². The van der Waals surface area contributed by atoms with Gasteiger partial charge in [0.25, 0.3) is 0 Å². The summed E-state index contributed by atoms with van der Waals surface area (Å²) >= 11 is 0. The van der Waals surface area contributed by atoms with E-state index in [0.717, 1.165) is 12.8 Å². The van der Waals surface area contributed by atoms with Crippen LogP contribution in [-0.2, 0) is 15.0 Å². The largest absolute Gasteiger partial charge is 0.481 e. The van der Waals surface area contributed by atoms with Gasteiger partial charge in [0.1, 0.15) is 0 Å². The number of likely N-dealkylation sites (N-methyl/N-ethyl adjacent to an activating group) is 1. The molecule has 5 heteroatoms. The molecule has 1 aromatic rings. The Balaban J connectivity index is 1.87. The van der Waals surface area contributed by atoms with Crippen molar-refractivity contribution in [2.45, 2.75) is 37.5 Å². The molecule has 0 spiro atoms. The number of nitrogens with one attached hydrogen (secondary N) is 1. The minimum absolute atomic E-state index is 0.0416. The normalized spacial score (nSPS) is 16.4. The molecule has 23 heavy (non-hydrogen) atoms. The molecular weight excluding hydrogens is 292 g/mol. The van der Waals surface area contributed by atoms with Crippen LogP contribution in [-0.4, -0.2) is 48.6 Å². The Morgan fingerprint density at radius 2 is 1.87 bits per heavy atom. The van der Waals surface area contributed by atoms with Crippen LogP contribution in [0.15, 0.2) is 30.3 Å². The van der Waals surface area contributed by atoms with Gasteiger partial charge in [0.05, 0.1) is 13.0 Å². The topological polar surface area (TPSA) is 69.6 Å². The molecule has 0 unspecified atom stereocenters. The number of hydrogen-bond donors (Lipinski definition) is 2. The Labute approximate surface area is 137 Å². The van der Waals surface area contributed by atoms with Crippen LogP contribution >= 0.6 is 0 Å². The summed E-state index contributed by atoms with van der Waals surface area (Å²) in [5, 5.41) is 11.7. The van der Waals surface area contributed by atoms with E-state index in [1.807, 2.05) is 6.07 Å². The fraction of sp³-hybridized carbons (Fsp3) is 0.556. The van der Waals surface area contributed by atoms with Gasteiger partial charge in [-0.3, -0.25) is 14.5 Å². The first-order valence-electron chi connectivity index (χ1n) is 8.24. The van der Waals surface area contributed by atoms with E-state index < -0.39 is 5.97 Å². The fourth-order valence-corrected chi connectivity index (χ4v) is 3.35. The standard InChI is InChI=1S/C18H26N2O3/c1-20(12-9-17(22)23)13-16(21)19-14-18(10-5-6-11-18)15-7-3-2-4-8-15/h2-4,7-8H,5-6,9-14H2,1H3,(H,19,21)(H,22,23). The molecule has 2 rings (SSSR count). The predicted octanol–water partition coefficient (Wildman–Crippen LogP) is 2.02. The Hall–Kier alpha value is -1.88. The molecule has 0 radical (unpaired) electrons. The van der Waals surface area contributed by atoms with Crippen molar-refractivity contribution in [2.75, 3.05) is 26.7 Å². The molecule has 1 aliphatic rings. The highest BCUT2D eigenvalue weighted by Crippen LogP contribution is 2.40. The lowest BCUT2D eigenvalue weighted by molar-refractivity contribution is -0.137. The van der Waals surface area contributed by atoms with E-state index in [9.17, 15) is 9.59 Å². The van der Waals surface area contributed by atoms with E-state index in [-0.39, 0.29) is 24.3 Å². The van der Waals surface area contributed by atoms with Crippen molar-refractivity contribution in [2.24, 2.45) is 0 Å². The lowest BCUT2D eigenvalue weighted by atomic mass is 9.79. The average molecular weight is 318 g/mol. The van der Waals surface area contributed by atoms with Gasteiger partial charge < -0.3 is 10.4 Å². The molecule has 0 bridgehead atoms. The van der Waals surface area contributed by atoms with Crippen molar-refractivity contribution in [3.8, 4) is 0 Å². The maximum atomic E-state index is 12.1. The molecule has 1 saturated carbocycles. The van der Waals surface area contributed by atoms with Crippen LogP contribution in [0.5, 0.6) is 0 Å². The van der Waals surface area contributed by atoms with Crippen molar-refractivity contribution >= 4 is 11.9 Å². The third kappa shape index (κ3) is 5.06. The first-order chi connectivity index (χ1) is 11.0. The molecule has 0 saturated heterocycles. The summed E-state index contributed by atoms with van der Waals surface area (Å²) in [7, 11) is 1.77. The number of carboxylic acid groups (broad SMARTS) is 1. The number of carbonyl (C=O) groups is 2. The SMILES string of the molecule is CN(CCC(=O)O)CC(=O)NCC1(c2ccccc2)CCCC1. The van der Waals surface area contributed by atoms with Crippen molar-refractivity contribution in [1.82, 2.24) is 10.2 Å². The summed E-state index contributed by atoms with van der Waals surface area (Å²) in [5.41, 5.74) is 1.35. The number of carbonyl (C=O) groups excluding carboxylic acids is 1. The van der Waals surface area contributed by atoms with Gasteiger partial charge in [-0.25, -0.2) is 0 Å². The number of benzene rings is 1. The predicted molar refractivity (Wildman–Crippen MR) is 89.3 cm³/mol. The van der Waals surface area contributed by atoms with Crippen LogP contribution in [0, 0.1) is 0 Å². The van der Waals surface area contributed by atoms with Crippen LogP contribution in [0.2, 0.25) is 0 Å². The zero-order valence-electron chi connectivity index (χ0n) is 13.8. The third-order valence-corrected chi connectivity index (χ3v) is 4.69. The summed E-state index contributed by atoms with van der Waals surface area (Å²) < 4.78 is 0.